The van der Waals surface area contributed by atoms with Crippen LogP contribution in [0.5, 0.6) is 5.88 Å². The Hall–Kier alpha value is -4.53. The van der Waals surface area contributed by atoms with Crippen LogP contribution in [-0.4, -0.2) is 74.4 Å². The van der Waals surface area contributed by atoms with E-state index >= 15 is 0 Å². The van der Waals surface area contributed by atoms with Gasteiger partial charge in [0, 0.05) is 38.3 Å². The van der Waals surface area contributed by atoms with Gasteiger partial charge >= 0.3 is 5.97 Å². The number of carboxylic acids is 1. The predicted octanol–water partition coefficient (Wildman–Crippen LogP) is 3.64. The SMILES string of the molecule is C#Cc1ccc(COc2nc(N3CCN(Cc4nc5ccc(C(=O)O)nc5n4C[C@@H]4CCO4)CC3)ccc2F)c(C)c1. The number of hydrogen-bond donors (Lipinski definition) is 1. The molecule has 1 atom stereocenters. The van der Waals surface area contributed by atoms with Gasteiger partial charge in [-0.3, -0.25) is 4.90 Å². The molecule has 2 aliphatic rings. The Bertz CT molecular complexity index is 1670. The fourth-order valence-corrected chi connectivity index (χ4v) is 5.23. The number of imidazole rings is 1. The lowest BCUT2D eigenvalue weighted by atomic mass is 10.1. The van der Waals surface area contributed by atoms with Gasteiger partial charge in [-0.2, -0.15) is 4.98 Å². The summed E-state index contributed by atoms with van der Waals surface area (Å²) in [6.45, 7) is 6.90. The topological polar surface area (TPSA) is 106 Å². The number of pyridine rings is 2. The molecule has 42 heavy (non-hydrogen) atoms. The number of ether oxygens (including phenoxy) is 2. The van der Waals surface area contributed by atoms with Gasteiger partial charge in [0.2, 0.25) is 0 Å². The number of carboxylic acid groups (broad SMARTS) is 1. The van der Waals surface area contributed by atoms with Gasteiger partial charge in [0.05, 0.1) is 19.2 Å². The summed E-state index contributed by atoms with van der Waals surface area (Å²) in [6.07, 6.45) is 6.49. The fourth-order valence-electron chi connectivity index (χ4n) is 5.23. The molecule has 10 nitrogen and oxygen atoms in total. The van der Waals surface area contributed by atoms with E-state index in [9.17, 15) is 14.3 Å². The first-order valence-electron chi connectivity index (χ1n) is 13.9. The Morgan fingerprint density at radius 3 is 2.64 bits per heavy atom. The van der Waals surface area contributed by atoms with E-state index in [1.807, 2.05) is 29.7 Å². The fraction of sp³-hybridized carbons (Fsp3) is 0.355. The molecule has 2 saturated heterocycles. The largest absolute Gasteiger partial charge is 0.477 e. The van der Waals surface area contributed by atoms with Crippen LogP contribution >= 0.6 is 0 Å². The number of nitrogens with zero attached hydrogens (tertiary/aromatic N) is 6. The van der Waals surface area contributed by atoms with Crippen molar-refractivity contribution >= 4 is 23.0 Å². The number of terminal acetylenes is 1. The van der Waals surface area contributed by atoms with Gasteiger partial charge < -0.3 is 24.0 Å². The number of fused-ring (bicyclic) bond motifs is 1. The number of hydrogen-bond acceptors (Lipinski definition) is 8. The highest BCUT2D eigenvalue weighted by Gasteiger charge is 2.26. The van der Waals surface area contributed by atoms with Crippen LogP contribution in [0, 0.1) is 25.1 Å². The average molecular weight is 571 g/mol. The van der Waals surface area contributed by atoms with Gasteiger partial charge in [-0.25, -0.2) is 19.2 Å². The number of halogens is 1. The van der Waals surface area contributed by atoms with Crippen LogP contribution in [0.15, 0.2) is 42.5 Å². The third-order valence-corrected chi connectivity index (χ3v) is 7.80. The monoisotopic (exact) mass is 570 g/mol. The summed E-state index contributed by atoms with van der Waals surface area (Å²) in [6, 6.07) is 11.9. The van der Waals surface area contributed by atoms with E-state index in [1.54, 1.807) is 12.1 Å². The van der Waals surface area contributed by atoms with Crippen molar-refractivity contribution in [1.82, 2.24) is 24.4 Å². The van der Waals surface area contributed by atoms with Crippen LogP contribution in [0.4, 0.5) is 10.2 Å². The molecule has 2 fully saturated rings. The summed E-state index contributed by atoms with van der Waals surface area (Å²) in [5.41, 5.74) is 3.90. The van der Waals surface area contributed by atoms with Crippen molar-refractivity contribution in [3.63, 3.8) is 0 Å². The van der Waals surface area contributed by atoms with E-state index in [4.69, 9.17) is 20.9 Å². The van der Waals surface area contributed by atoms with E-state index in [-0.39, 0.29) is 24.3 Å². The van der Waals surface area contributed by atoms with Crippen molar-refractivity contribution in [1.29, 1.82) is 0 Å². The van der Waals surface area contributed by atoms with Gasteiger partial charge in [0.15, 0.2) is 17.2 Å². The summed E-state index contributed by atoms with van der Waals surface area (Å²) in [5, 5.41) is 9.43. The zero-order valence-corrected chi connectivity index (χ0v) is 23.3. The van der Waals surface area contributed by atoms with E-state index in [1.165, 1.54) is 12.1 Å². The summed E-state index contributed by atoms with van der Waals surface area (Å²) in [4.78, 5) is 29.6. The molecular weight excluding hydrogens is 539 g/mol. The van der Waals surface area contributed by atoms with E-state index in [0.717, 1.165) is 48.6 Å². The minimum absolute atomic E-state index is 0.00887. The Labute approximate surface area is 242 Å². The van der Waals surface area contributed by atoms with E-state index in [2.05, 4.69) is 25.7 Å². The number of carbonyl (C=O) groups is 1. The Balaban J connectivity index is 1.12. The molecule has 3 aromatic heterocycles. The van der Waals surface area contributed by atoms with Crippen molar-refractivity contribution in [2.75, 3.05) is 37.7 Å². The molecule has 11 heteroatoms. The van der Waals surface area contributed by atoms with E-state index < -0.39 is 11.8 Å². The highest BCUT2D eigenvalue weighted by atomic mass is 19.1. The number of anilines is 1. The Morgan fingerprint density at radius 1 is 1.14 bits per heavy atom. The maximum absolute atomic E-state index is 14.6. The molecule has 0 bridgehead atoms. The summed E-state index contributed by atoms with van der Waals surface area (Å²) in [5.74, 6) is 2.48. The summed E-state index contributed by atoms with van der Waals surface area (Å²) in [7, 11) is 0. The standard InChI is InChI=1S/C31H31FN6O4/c1-3-21-4-5-22(20(2)16-21)19-42-30-24(32)6-9-27(35-30)37-13-11-36(12-14-37)18-28-33-25-7-8-26(31(39)40)34-29(25)38(28)17-23-10-15-41-23/h1,4-9,16,23H,10-15,17-19H2,2H3,(H,39,40)/t23-/m0/s1. The first-order valence-corrected chi connectivity index (χ1v) is 13.9. The quantitative estimate of drug-likeness (QED) is 0.302. The number of aryl methyl sites for hydroxylation is 1. The molecule has 1 N–H and O–H groups in total. The number of piperazine rings is 1. The molecule has 216 valence electrons. The van der Waals surface area contributed by atoms with Crippen molar-refractivity contribution in [3.05, 3.63) is 76.5 Å². The first-order chi connectivity index (χ1) is 20.4. The molecule has 0 spiro atoms. The second kappa shape index (κ2) is 11.8. The van der Waals surface area contributed by atoms with Gasteiger partial charge in [0.1, 0.15) is 23.8 Å². The maximum Gasteiger partial charge on any atom is 0.354 e. The lowest BCUT2D eigenvalue weighted by Gasteiger charge is -2.35. The van der Waals surface area contributed by atoms with Crippen LogP contribution < -0.4 is 9.64 Å². The number of benzene rings is 1. The highest BCUT2D eigenvalue weighted by molar-refractivity contribution is 5.88. The molecule has 0 unspecified atom stereocenters. The average Bonchev–Trinajstić information content (AvgIpc) is 3.31. The van der Waals surface area contributed by atoms with Crippen molar-refractivity contribution in [2.24, 2.45) is 0 Å². The molecule has 6 rings (SSSR count). The van der Waals surface area contributed by atoms with Crippen molar-refractivity contribution < 1.29 is 23.8 Å². The van der Waals surface area contributed by atoms with Crippen LogP contribution in [0.1, 0.15) is 39.4 Å². The lowest BCUT2D eigenvalue weighted by Crippen LogP contribution is -2.46. The Kier molecular flexibility index (Phi) is 7.73. The number of aromatic nitrogens is 4. The van der Waals surface area contributed by atoms with Crippen LogP contribution in [-0.2, 0) is 24.4 Å². The second-order valence-corrected chi connectivity index (χ2v) is 10.6. The van der Waals surface area contributed by atoms with Gasteiger partial charge in [-0.05, 0) is 60.9 Å². The zero-order chi connectivity index (χ0) is 29.2. The summed E-state index contributed by atoms with van der Waals surface area (Å²) >= 11 is 0. The molecule has 5 heterocycles. The second-order valence-electron chi connectivity index (χ2n) is 10.6. The molecule has 2 aliphatic heterocycles. The minimum Gasteiger partial charge on any atom is -0.477 e. The first kappa shape index (κ1) is 27.6. The predicted molar refractivity (Wildman–Crippen MR) is 154 cm³/mol. The molecule has 0 radical (unpaired) electrons. The molecular formula is C31H31FN6O4. The van der Waals surface area contributed by atoms with Gasteiger partial charge in [0.25, 0.3) is 5.88 Å². The van der Waals surface area contributed by atoms with Gasteiger partial charge in [-0.15, -0.1) is 6.42 Å². The normalized spacial score (nSPS) is 17.2. The molecule has 0 amide bonds. The van der Waals surface area contributed by atoms with E-state index in [0.29, 0.717) is 43.2 Å². The molecule has 0 saturated carbocycles. The highest BCUT2D eigenvalue weighted by Crippen LogP contribution is 2.25. The third kappa shape index (κ3) is 5.77. The van der Waals surface area contributed by atoms with Crippen molar-refractivity contribution in [3.8, 4) is 18.2 Å². The Morgan fingerprint density at radius 2 is 1.95 bits per heavy atom. The van der Waals surface area contributed by atoms with Crippen LogP contribution in [0.3, 0.4) is 0 Å². The number of aromatic carboxylic acids is 1. The van der Waals surface area contributed by atoms with Gasteiger partial charge in [-0.1, -0.05) is 12.0 Å². The van der Waals surface area contributed by atoms with Crippen LogP contribution in [0.2, 0.25) is 0 Å². The minimum atomic E-state index is -1.07. The molecule has 0 aliphatic carbocycles. The zero-order valence-electron chi connectivity index (χ0n) is 23.3. The summed E-state index contributed by atoms with van der Waals surface area (Å²) < 4.78 is 28.0. The lowest BCUT2D eigenvalue weighted by molar-refractivity contribution is -0.0592. The molecule has 1 aromatic carbocycles. The number of rotatable bonds is 9. The maximum atomic E-state index is 14.6. The molecule has 4 aromatic rings. The van der Waals surface area contributed by atoms with Crippen molar-refractivity contribution in [2.45, 2.75) is 39.1 Å². The van der Waals surface area contributed by atoms with Crippen LogP contribution in [0.25, 0.3) is 11.2 Å². The smallest absolute Gasteiger partial charge is 0.354 e. The third-order valence-electron chi connectivity index (χ3n) is 7.80.